The summed E-state index contributed by atoms with van der Waals surface area (Å²) in [7, 11) is 0. The average Bonchev–Trinajstić information content (AvgIpc) is 2.84. The zero-order valence-electron chi connectivity index (χ0n) is 7.93. The molecule has 0 N–H and O–H groups in total. The van der Waals surface area contributed by atoms with Crippen LogP contribution in [0.2, 0.25) is 0 Å². The van der Waals surface area contributed by atoms with Gasteiger partial charge in [-0.3, -0.25) is 0 Å². The van der Waals surface area contributed by atoms with Gasteiger partial charge in [-0.2, -0.15) is 36.4 Å². The summed E-state index contributed by atoms with van der Waals surface area (Å²) in [6, 6.07) is 16.4. The van der Waals surface area contributed by atoms with Gasteiger partial charge in [-0.05, 0) is 0 Å². The maximum absolute atomic E-state index is 2.20. The summed E-state index contributed by atoms with van der Waals surface area (Å²) in [5, 5.41) is 0. The molecule has 1 aliphatic rings. The third kappa shape index (κ3) is 2.76. The fourth-order valence-electron chi connectivity index (χ4n) is 1.45. The fraction of sp³-hybridized carbons (Fsp3) is 0.0769. The molecule has 0 atom stereocenters. The zero-order valence-corrected chi connectivity index (χ0v) is 9.32. The Morgan fingerprint density at radius 3 is 2.50 bits per heavy atom. The molecule has 0 saturated carbocycles. The molecule has 3 rings (SSSR count). The van der Waals surface area contributed by atoms with Crippen molar-refractivity contribution in [1.29, 1.82) is 0 Å². The smallest absolute Gasteiger partial charge is 0 e. The predicted octanol–water partition coefficient (Wildman–Crippen LogP) is 3.38. The molecule has 0 spiro atoms. The second-order valence-electron chi connectivity index (χ2n) is 3.08. The number of fused-ring (bicyclic) bond motifs is 1. The number of hydrogen-bond acceptors (Lipinski definition) is 0. The van der Waals surface area contributed by atoms with Crippen molar-refractivity contribution in [2.24, 2.45) is 0 Å². The Morgan fingerprint density at radius 2 is 1.93 bits per heavy atom. The molecule has 0 saturated heterocycles. The van der Waals surface area contributed by atoms with Gasteiger partial charge in [-0.15, -0.1) is 23.3 Å². The minimum atomic E-state index is 0. The van der Waals surface area contributed by atoms with Crippen molar-refractivity contribution in [3.8, 4) is 0 Å². The van der Waals surface area contributed by atoms with Crippen LogP contribution < -0.4 is 0 Å². The Bertz CT molecular complexity index is 348. The van der Waals surface area contributed by atoms with E-state index in [1.54, 1.807) is 0 Å². The van der Waals surface area contributed by atoms with Crippen LogP contribution in [-0.2, 0) is 25.0 Å². The SMILES string of the molecule is C1=C[c-]2cccc2C1.[V].c1cc[cH-]c1. The van der Waals surface area contributed by atoms with Gasteiger partial charge in [-0.25, -0.2) is 12.1 Å². The van der Waals surface area contributed by atoms with Crippen LogP contribution >= 0.6 is 0 Å². The molecular weight excluding hydrogens is 207 g/mol. The molecule has 0 amide bonds. The largest absolute Gasteiger partial charge is 0.214 e. The first-order valence-corrected chi connectivity index (χ1v) is 4.54. The minimum absolute atomic E-state index is 0. The Labute approximate surface area is 96.9 Å². The van der Waals surface area contributed by atoms with Crippen molar-refractivity contribution < 1.29 is 18.6 Å². The topological polar surface area (TPSA) is 0 Å². The van der Waals surface area contributed by atoms with Gasteiger partial charge in [0.2, 0.25) is 0 Å². The van der Waals surface area contributed by atoms with E-state index in [4.69, 9.17) is 0 Å². The Balaban J connectivity index is 0.000000144. The molecule has 0 heterocycles. The molecule has 2 aromatic rings. The molecule has 0 aromatic heterocycles. The van der Waals surface area contributed by atoms with Crippen LogP contribution in [0.1, 0.15) is 11.1 Å². The van der Waals surface area contributed by atoms with E-state index in [0.717, 1.165) is 6.42 Å². The van der Waals surface area contributed by atoms with E-state index in [2.05, 4.69) is 30.4 Å². The van der Waals surface area contributed by atoms with Crippen LogP contribution in [0.5, 0.6) is 0 Å². The molecule has 0 fully saturated rings. The van der Waals surface area contributed by atoms with Crippen LogP contribution in [0.4, 0.5) is 0 Å². The van der Waals surface area contributed by atoms with Gasteiger partial charge in [-0.1, -0.05) is 6.42 Å². The second-order valence-corrected chi connectivity index (χ2v) is 3.08. The minimum Gasteiger partial charge on any atom is -0.214 e. The van der Waals surface area contributed by atoms with Crippen molar-refractivity contribution in [2.45, 2.75) is 6.42 Å². The van der Waals surface area contributed by atoms with E-state index in [-0.39, 0.29) is 18.6 Å². The van der Waals surface area contributed by atoms with E-state index >= 15 is 0 Å². The Morgan fingerprint density at radius 1 is 1.14 bits per heavy atom. The van der Waals surface area contributed by atoms with Gasteiger partial charge in [0.25, 0.3) is 0 Å². The van der Waals surface area contributed by atoms with Gasteiger partial charge in [0.15, 0.2) is 0 Å². The third-order valence-electron chi connectivity index (χ3n) is 2.13. The van der Waals surface area contributed by atoms with Gasteiger partial charge in [0, 0.05) is 18.6 Å². The van der Waals surface area contributed by atoms with Crippen LogP contribution in [0.15, 0.2) is 54.6 Å². The van der Waals surface area contributed by atoms with Crippen molar-refractivity contribution in [3.63, 3.8) is 0 Å². The van der Waals surface area contributed by atoms with Crippen molar-refractivity contribution in [2.75, 3.05) is 0 Å². The first-order valence-electron chi connectivity index (χ1n) is 4.54. The number of rotatable bonds is 0. The molecule has 1 heteroatoms. The first-order chi connectivity index (χ1) is 6.47. The molecule has 0 bridgehead atoms. The summed E-state index contributed by atoms with van der Waals surface area (Å²) in [4.78, 5) is 0. The first kappa shape index (κ1) is 11.1. The maximum Gasteiger partial charge on any atom is 0 e. The molecule has 0 aliphatic heterocycles. The molecular formula is C13H12V-2. The number of hydrogen-bond donors (Lipinski definition) is 0. The van der Waals surface area contributed by atoms with Gasteiger partial charge >= 0.3 is 0 Å². The standard InChI is InChI=1S/C8H7.C5H5.V/c1-3-7-5-2-6-8(7)4-1;1-2-4-5-3-1;/h1-5H,6H2;1-5H;/q2*-1;. The number of allylic oxidation sites excluding steroid dienone is 1. The van der Waals surface area contributed by atoms with Gasteiger partial charge in [0.05, 0.1) is 0 Å². The summed E-state index contributed by atoms with van der Waals surface area (Å²) in [5.74, 6) is 0. The molecule has 14 heavy (non-hydrogen) atoms. The summed E-state index contributed by atoms with van der Waals surface area (Å²) >= 11 is 0. The van der Waals surface area contributed by atoms with Crippen LogP contribution in [0.3, 0.4) is 0 Å². The molecule has 0 unspecified atom stereocenters. The summed E-state index contributed by atoms with van der Waals surface area (Å²) < 4.78 is 0. The maximum atomic E-state index is 2.20. The van der Waals surface area contributed by atoms with Crippen molar-refractivity contribution >= 4 is 6.08 Å². The zero-order chi connectivity index (χ0) is 8.93. The molecule has 1 aliphatic carbocycles. The molecule has 71 valence electrons. The summed E-state index contributed by atoms with van der Waals surface area (Å²) in [5.41, 5.74) is 2.88. The van der Waals surface area contributed by atoms with Crippen LogP contribution in [-0.4, -0.2) is 0 Å². The third-order valence-corrected chi connectivity index (χ3v) is 2.13. The Hall–Kier alpha value is -0.976. The summed E-state index contributed by atoms with van der Waals surface area (Å²) in [6.45, 7) is 0. The van der Waals surface area contributed by atoms with E-state index in [9.17, 15) is 0 Å². The van der Waals surface area contributed by atoms with E-state index in [1.165, 1.54) is 11.1 Å². The van der Waals surface area contributed by atoms with Gasteiger partial charge < -0.3 is 0 Å². The predicted molar refractivity (Wildman–Crippen MR) is 56.8 cm³/mol. The van der Waals surface area contributed by atoms with E-state index in [1.807, 2.05) is 30.3 Å². The molecule has 0 nitrogen and oxygen atoms in total. The quantitative estimate of drug-likeness (QED) is 0.596. The normalized spacial score (nSPS) is 11.1. The second kappa shape index (κ2) is 5.69. The van der Waals surface area contributed by atoms with Crippen LogP contribution in [0, 0.1) is 0 Å². The monoisotopic (exact) mass is 219 g/mol. The molecule has 1 radical (unpaired) electrons. The van der Waals surface area contributed by atoms with Crippen LogP contribution in [0.25, 0.3) is 6.08 Å². The van der Waals surface area contributed by atoms with E-state index in [0.29, 0.717) is 0 Å². The summed E-state index contributed by atoms with van der Waals surface area (Å²) in [6.07, 6.45) is 5.52. The van der Waals surface area contributed by atoms with Crippen molar-refractivity contribution in [1.82, 2.24) is 0 Å². The van der Waals surface area contributed by atoms with E-state index < -0.39 is 0 Å². The molecule has 2 aromatic carbocycles. The van der Waals surface area contributed by atoms with Crippen molar-refractivity contribution in [3.05, 3.63) is 65.7 Å². The Kier molecular flexibility index (Phi) is 4.51. The fourth-order valence-corrected chi connectivity index (χ4v) is 1.45. The van der Waals surface area contributed by atoms with Gasteiger partial charge in [0.1, 0.15) is 0 Å². The average molecular weight is 219 g/mol.